The molecule has 2 heterocycles. The van der Waals surface area contributed by atoms with E-state index in [2.05, 4.69) is 15.3 Å². The largest absolute Gasteiger partial charge is 0.332 e. The number of aromatic nitrogens is 2. The Hall–Kier alpha value is -0.920. The third kappa shape index (κ3) is 2.51. The molecule has 6 nitrogen and oxygen atoms in total. The number of aryl methyl sites for hydroxylation is 1. The monoisotopic (exact) mass is 258 g/mol. The molecule has 1 fully saturated rings. The molecule has 1 saturated heterocycles. The zero-order chi connectivity index (χ0) is 12.5. The van der Waals surface area contributed by atoms with Crippen molar-refractivity contribution >= 4 is 10.0 Å². The van der Waals surface area contributed by atoms with Gasteiger partial charge >= 0.3 is 0 Å². The molecule has 96 valence electrons. The highest BCUT2D eigenvalue weighted by Crippen LogP contribution is 2.19. The summed E-state index contributed by atoms with van der Waals surface area (Å²) in [6.07, 6.45) is 3.29. The predicted molar refractivity (Wildman–Crippen MR) is 64.2 cm³/mol. The Labute approximate surface area is 101 Å². The molecule has 1 atom stereocenters. The summed E-state index contributed by atoms with van der Waals surface area (Å²) in [5, 5.41) is 3.32. The van der Waals surface area contributed by atoms with Crippen LogP contribution in [0.25, 0.3) is 0 Å². The van der Waals surface area contributed by atoms with E-state index in [-0.39, 0.29) is 11.1 Å². The van der Waals surface area contributed by atoms with Crippen LogP contribution in [-0.2, 0) is 10.0 Å². The maximum atomic E-state index is 12.3. The Morgan fingerprint density at radius 3 is 2.94 bits per heavy atom. The van der Waals surface area contributed by atoms with Gasteiger partial charge in [-0.25, -0.2) is 13.4 Å². The predicted octanol–water partition coefficient (Wildman–Crippen LogP) is 0.0906. The molecule has 1 unspecified atom stereocenters. The van der Waals surface area contributed by atoms with Gasteiger partial charge in [-0.15, -0.1) is 0 Å². The molecule has 0 bridgehead atoms. The normalized spacial score (nSPS) is 22.8. The van der Waals surface area contributed by atoms with E-state index in [0.717, 1.165) is 12.8 Å². The van der Waals surface area contributed by atoms with Gasteiger partial charge < -0.3 is 10.3 Å². The van der Waals surface area contributed by atoms with Gasteiger partial charge in [0.05, 0.1) is 6.20 Å². The van der Waals surface area contributed by atoms with Gasteiger partial charge in [0.25, 0.3) is 10.0 Å². The van der Waals surface area contributed by atoms with E-state index < -0.39 is 10.0 Å². The average Bonchev–Trinajstić information content (AvgIpc) is 2.76. The fourth-order valence-corrected chi connectivity index (χ4v) is 3.55. The van der Waals surface area contributed by atoms with Gasteiger partial charge in [0, 0.05) is 19.1 Å². The van der Waals surface area contributed by atoms with Gasteiger partial charge in [0.1, 0.15) is 5.82 Å². The highest BCUT2D eigenvalue weighted by molar-refractivity contribution is 7.89. The first-order valence-corrected chi connectivity index (χ1v) is 7.17. The topological polar surface area (TPSA) is 78.1 Å². The maximum Gasteiger partial charge on any atom is 0.260 e. The van der Waals surface area contributed by atoms with Gasteiger partial charge in [-0.1, -0.05) is 0 Å². The lowest BCUT2D eigenvalue weighted by atomic mass is 10.1. The van der Waals surface area contributed by atoms with Crippen LogP contribution in [0.5, 0.6) is 0 Å². The number of hydrogen-bond acceptors (Lipinski definition) is 4. The van der Waals surface area contributed by atoms with Crippen molar-refractivity contribution in [2.75, 3.05) is 20.1 Å². The molecule has 2 N–H and O–H groups in total. The number of rotatable bonds is 3. The Kier molecular flexibility index (Phi) is 3.50. The van der Waals surface area contributed by atoms with Crippen LogP contribution in [-0.4, -0.2) is 48.9 Å². The fraction of sp³-hybridized carbons (Fsp3) is 0.700. The molecule has 2 rings (SSSR count). The van der Waals surface area contributed by atoms with Crippen LogP contribution in [0.2, 0.25) is 0 Å². The minimum absolute atomic E-state index is 0.187. The summed E-state index contributed by atoms with van der Waals surface area (Å²) in [5.41, 5.74) is 0. The third-order valence-corrected chi connectivity index (χ3v) is 4.86. The second-order valence-electron chi connectivity index (χ2n) is 4.32. The summed E-state index contributed by atoms with van der Waals surface area (Å²) in [6, 6.07) is 0.238. The van der Waals surface area contributed by atoms with E-state index in [4.69, 9.17) is 0 Å². The molecule has 1 aromatic heterocycles. The number of likely N-dealkylation sites (N-methyl/N-ethyl adjacent to an activating group) is 1. The lowest BCUT2D eigenvalue weighted by molar-refractivity contribution is 0.292. The zero-order valence-electron chi connectivity index (χ0n) is 10.1. The third-order valence-electron chi connectivity index (χ3n) is 3.09. The molecule has 0 radical (unpaired) electrons. The molecule has 0 aromatic carbocycles. The maximum absolute atomic E-state index is 12.3. The van der Waals surface area contributed by atoms with Crippen molar-refractivity contribution in [2.45, 2.75) is 30.8 Å². The summed E-state index contributed by atoms with van der Waals surface area (Å²) in [5.74, 6) is 0.616. The number of imidazole rings is 1. The lowest BCUT2D eigenvalue weighted by Gasteiger charge is -2.31. The van der Waals surface area contributed by atoms with Gasteiger partial charge in [-0.05, 0) is 26.8 Å². The highest BCUT2D eigenvalue weighted by atomic mass is 32.2. The Balaban J connectivity index is 2.21. The van der Waals surface area contributed by atoms with Crippen LogP contribution in [0.1, 0.15) is 18.7 Å². The van der Waals surface area contributed by atoms with Gasteiger partial charge in [-0.3, -0.25) is 0 Å². The number of H-pyrrole nitrogens is 1. The van der Waals surface area contributed by atoms with Crippen LogP contribution in [0, 0.1) is 6.92 Å². The van der Waals surface area contributed by atoms with E-state index in [0.29, 0.717) is 18.9 Å². The number of piperidine rings is 1. The average molecular weight is 258 g/mol. The SMILES string of the molecule is CNC1CCCN(S(=O)(=O)c2cnc(C)[nH]2)C1. The highest BCUT2D eigenvalue weighted by Gasteiger charge is 2.30. The van der Waals surface area contributed by atoms with E-state index in [9.17, 15) is 8.42 Å². The Morgan fingerprint density at radius 2 is 2.35 bits per heavy atom. The van der Waals surface area contributed by atoms with Crippen molar-refractivity contribution in [3.8, 4) is 0 Å². The van der Waals surface area contributed by atoms with Gasteiger partial charge in [-0.2, -0.15) is 4.31 Å². The number of sulfonamides is 1. The second-order valence-corrected chi connectivity index (χ2v) is 6.23. The first kappa shape index (κ1) is 12.5. The molecular formula is C10H18N4O2S. The van der Waals surface area contributed by atoms with Crippen molar-refractivity contribution in [2.24, 2.45) is 0 Å². The number of nitrogens with zero attached hydrogens (tertiary/aromatic N) is 2. The van der Waals surface area contributed by atoms with Crippen LogP contribution in [0.3, 0.4) is 0 Å². The van der Waals surface area contributed by atoms with E-state index in [1.165, 1.54) is 10.5 Å². The van der Waals surface area contributed by atoms with Crippen molar-refractivity contribution in [3.63, 3.8) is 0 Å². The quantitative estimate of drug-likeness (QED) is 0.805. The first-order chi connectivity index (χ1) is 8.04. The van der Waals surface area contributed by atoms with Gasteiger partial charge in [0.2, 0.25) is 0 Å². The molecule has 0 spiro atoms. The zero-order valence-corrected chi connectivity index (χ0v) is 10.9. The molecular weight excluding hydrogens is 240 g/mol. The molecule has 17 heavy (non-hydrogen) atoms. The standard InChI is InChI=1S/C10H18N4O2S/c1-8-12-6-10(13-8)17(15,16)14-5-3-4-9(7-14)11-2/h6,9,11H,3-5,7H2,1-2H3,(H,12,13). The molecule has 1 aliphatic heterocycles. The van der Waals surface area contributed by atoms with E-state index in [1.807, 2.05) is 7.05 Å². The molecule has 1 aliphatic rings. The van der Waals surface area contributed by atoms with Crippen molar-refractivity contribution in [1.82, 2.24) is 19.6 Å². The second kappa shape index (κ2) is 4.75. The number of hydrogen-bond donors (Lipinski definition) is 2. The smallest absolute Gasteiger partial charge is 0.260 e. The first-order valence-electron chi connectivity index (χ1n) is 5.73. The van der Waals surface area contributed by atoms with Crippen molar-refractivity contribution in [1.29, 1.82) is 0 Å². The van der Waals surface area contributed by atoms with Crippen LogP contribution in [0.15, 0.2) is 11.2 Å². The molecule has 1 aromatic rings. The summed E-state index contributed by atoms with van der Waals surface area (Å²) in [7, 11) is -1.55. The Morgan fingerprint density at radius 1 is 1.59 bits per heavy atom. The summed E-state index contributed by atoms with van der Waals surface area (Å²) < 4.78 is 26.1. The summed E-state index contributed by atoms with van der Waals surface area (Å²) >= 11 is 0. The molecule has 0 saturated carbocycles. The summed E-state index contributed by atoms with van der Waals surface area (Å²) in [4.78, 5) is 6.73. The van der Waals surface area contributed by atoms with Crippen molar-refractivity contribution < 1.29 is 8.42 Å². The number of aromatic amines is 1. The minimum atomic E-state index is -3.41. The Bertz CT molecular complexity index is 482. The van der Waals surface area contributed by atoms with Crippen LogP contribution in [0.4, 0.5) is 0 Å². The summed E-state index contributed by atoms with van der Waals surface area (Å²) in [6.45, 7) is 2.85. The minimum Gasteiger partial charge on any atom is -0.332 e. The van der Waals surface area contributed by atoms with E-state index in [1.54, 1.807) is 6.92 Å². The van der Waals surface area contributed by atoms with Crippen molar-refractivity contribution in [3.05, 3.63) is 12.0 Å². The van der Waals surface area contributed by atoms with Crippen LogP contribution < -0.4 is 5.32 Å². The molecule has 7 heteroatoms. The molecule has 0 aliphatic carbocycles. The lowest BCUT2D eigenvalue weighted by Crippen LogP contribution is -2.46. The fourth-order valence-electron chi connectivity index (χ4n) is 2.06. The van der Waals surface area contributed by atoms with Crippen LogP contribution >= 0.6 is 0 Å². The molecule has 0 amide bonds. The number of nitrogens with one attached hydrogen (secondary N) is 2. The van der Waals surface area contributed by atoms with Gasteiger partial charge in [0.15, 0.2) is 5.03 Å². The van der Waals surface area contributed by atoms with E-state index >= 15 is 0 Å².